The number of ketones is 1. The fourth-order valence-corrected chi connectivity index (χ4v) is 8.77. The molecular formula is C32H40O11. The maximum Gasteiger partial charge on any atom is 0.340 e. The number of Topliss-reactive ketones (excluding diaryl/α,β-unsaturated/α-hetero) is 1. The lowest BCUT2D eigenvalue weighted by atomic mass is 9.39. The lowest BCUT2D eigenvalue weighted by Crippen LogP contribution is -2.74. The second-order valence-electron chi connectivity index (χ2n) is 13.6. The molecule has 0 aromatic carbocycles. The zero-order valence-electron chi connectivity index (χ0n) is 25.6. The summed E-state index contributed by atoms with van der Waals surface area (Å²) < 4.78 is 21.6. The monoisotopic (exact) mass is 600 g/mol. The van der Waals surface area contributed by atoms with E-state index in [0.29, 0.717) is 18.4 Å². The zero-order valence-corrected chi connectivity index (χ0v) is 25.6. The minimum atomic E-state index is -2.27. The smallest absolute Gasteiger partial charge is 0.340 e. The summed E-state index contributed by atoms with van der Waals surface area (Å²) in [7, 11) is 1.26. The van der Waals surface area contributed by atoms with Gasteiger partial charge in [-0.05, 0) is 56.6 Å². The van der Waals surface area contributed by atoms with Crippen molar-refractivity contribution in [1.29, 1.82) is 0 Å². The van der Waals surface area contributed by atoms with Gasteiger partial charge < -0.3 is 29.2 Å². The van der Waals surface area contributed by atoms with Crippen LogP contribution in [-0.4, -0.2) is 71.1 Å². The Balaban J connectivity index is 1.70. The van der Waals surface area contributed by atoms with Gasteiger partial charge in [0.1, 0.15) is 12.2 Å². The quantitative estimate of drug-likeness (QED) is 0.206. The molecule has 2 N–H and O–H groups in total. The largest absolute Gasteiger partial charge is 0.469 e. The van der Waals surface area contributed by atoms with Crippen LogP contribution in [0.5, 0.6) is 0 Å². The fourth-order valence-electron chi connectivity index (χ4n) is 8.77. The number of esters is 4. The van der Waals surface area contributed by atoms with E-state index < -0.39 is 87.8 Å². The minimum Gasteiger partial charge on any atom is -0.469 e. The first kappa shape index (κ1) is 31.1. The van der Waals surface area contributed by atoms with Gasteiger partial charge in [0.2, 0.25) is 6.29 Å². The highest BCUT2D eigenvalue weighted by Gasteiger charge is 2.74. The SMILES string of the molecule is CC=C(C)C(=O)OC1C2(O)C=C3C4CC(=O)OC(C5=CC(O)OC5=O)C4(C)CCC3C(C)(C2=O)C(CC(=O)OC)C1(C)C. The maximum atomic E-state index is 14.5. The molecule has 0 spiro atoms. The number of rotatable bonds is 5. The number of carbonyl (C=O) groups excluding carboxylic acids is 5. The summed E-state index contributed by atoms with van der Waals surface area (Å²) >= 11 is 0. The lowest BCUT2D eigenvalue weighted by molar-refractivity contribution is -0.223. The van der Waals surface area contributed by atoms with E-state index in [1.165, 1.54) is 19.3 Å². The van der Waals surface area contributed by atoms with Crippen LogP contribution in [0.1, 0.15) is 67.2 Å². The van der Waals surface area contributed by atoms with Crippen molar-refractivity contribution in [2.45, 2.75) is 91.3 Å². The third-order valence-corrected chi connectivity index (χ3v) is 11.1. The standard InChI is InChI=1S/C32H40O11/c1-8-15(2)25(36)43-28-29(3,4)20(13-21(33)40-7)31(6)18-9-10-30(5)19(17(18)14-32(28,39)27(31)38)12-23(35)41-24(30)16-11-22(34)42-26(16)37/h8,11,14,18-20,22,24,28,34,39H,9-10,12-13H2,1-7H3. The first-order chi connectivity index (χ1) is 20.0. The second-order valence-corrected chi connectivity index (χ2v) is 13.6. The number of allylic oxidation sites excluding steroid dienone is 2. The number of ether oxygens (including phenoxy) is 4. The van der Waals surface area contributed by atoms with E-state index >= 15 is 0 Å². The Morgan fingerprint density at radius 2 is 1.79 bits per heavy atom. The second kappa shape index (κ2) is 10.1. The van der Waals surface area contributed by atoms with E-state index in [1.54, 1.807) is 40.7 Å². The van der Waals surface area contributed by atoms with E-state index in [-0.39, 0.29) is 24.0 Å². The highest BCUT2D eigenvalue weighted by atomic mass is 16.6. The van der Waals surface area contributed by atoms with E-state index in [0.717, 1.165) is 0 Å². The minimum absolute atomic E-state index is 0.0439. The Labute approximate surface area is 250 Å². The van der Waals surface area contributed by atoms with Crippen molar-refractivity contribution >= 4 is 29.7 Å². The van der Waals surface area contributed by atoms with E-state index in [1.807, 2.05) is 6.92 Å². The Morgan fingerprint density at radius 3 is 2.37 bits per heavy atom. The van der Waals surface area contributed by atoms with Gasteiger partial charge in [-0.3, -0.25) is 14.4 Å². The molecule has 0 amide bonds. The van der Waals surface area contributed by atoms with Crippen molar-refractivity contribution < 1.29 is 53.1 Å². The lowest BCUT2D eigenvalue weighted by Gasteiger charge is -2.65. The zero-order chi connectivity index (χ0) is 31.9. The van der Waals surface area contributed by atoms with Gasteiger partial charge in [0.25, 0.3) is 0 Å². The predicted octanol–water partition coefficient (Wildman–Crippen LogP) is 2.48. The molecule has 0 radical (unpaired) electrons. The van der Waals surface area contributed by atoms with Crippen LogP contribution in [0.25, 0.3) is 0 Å². The van der Waals surface area contributed by atoms with Gasteiger partial charge in [-0.15, -0.1) is 0 Å². The molecule has 2 bridgehead atoms. The van der Waals surface area contributed by atoms with Crippen LogP contribution in [0.3, 0.4) is 0 Å². The van der Waals surface area contributed by atoms with Crippen molar-refractivity contribution in [3.63, 3.8) is 0 Å². The molecule has 3 fully saturated rings. The molecule has 11 nitrogen and oxygen atoms in total. The van der Waals surface area contributed by atoms with Crippen LogP contribution in [0.15, 0.2) is 34.9 Å². The van der Waals surface area contributed by atoms with Crippen LogP contribution in [-0.2, 0) is 42.9 Å². The molecule has 0 aromatic heterocycles. The van der Waals surface area contributed by atoms with Crippen LogP contribution >= 0.6 is 0 Å². The summed E-state index contributed by atoms with van der Waals surface area (Å²) in [6, 6.07) is 0. The van der Waals surface area contributed by atoms with E-state index in [4.69, 9.17) is 18.9 Å². The van der Waals surface area contributed by atoms with Gasteiger partial charge >= 0.3 is 23.9 Å². The van der Waals surface area contributed by atoms with Crippen LogP contribution in [0.4, 0.5) is 0 Å². The molecular weight excluding hydrogens is 560 g/mol. The van der Waals surface area contributed by atoms with Crippen molar-refractivity contribution in [3.8, 4) is 0 Å². The van der Waals surface area contributed by atoms with Gasteiger partial charge in [0.05, 0.1) is 19.1 Å². The maximum absolute atomic E-state index is 14.5. The average Bonchev–Trinajstić information content (AvgIpc) is 3.28. The highest BCUT2D eigenvalue weighted by molar-refractivity contribution is 6.00. The predicted molar refractivity (Wildman–Crippen MR) is 148 cm³/mol. The van der Waals surface area contributed by atoms with Gasteiger partial charge in [0, 0.05) is 28.2 Å². The number of carbonyl (C=O) groups is 5. The fraction of sp³-hybridized carbons (Fsp3) is 0.656. The molecule has 2 saturated carbocycles. The molecule has 1 saturated heterocycles. The molecule has 5 rings (SSSR count). The van der Waals surface area contributed by atoms with Crippen molar-refractivity contribution in [1.82, 2.24) is 0 Å². The van der Waals surface area contributed by atoms with E-state index in [2.05, 4.69) is 0 Å². The molecule has 234 valence electrons. The van der Waals surface area contributed by atoms with Crippen molar-refractivity contribution in [2.24, 2.45) is 34.0 Å². The summed E-state index contributed by atoms with van der Waals surface area (Å²) in [4.78, 5) is 66.1. The Morgan fingerprint density at radius 1 is 1.12 bits per heavy atom. The Hall–Kier alpha value is -3.31. The van der Waals surface area contributed by atoms with Gasteiger partial charge in [-0.2, -0.15) is 0 Å². The topological polar surface area (TPSA) is 163 Å². The van der Waals surface area contributed by atoms with Crippen LogP contribution < -0.4 is 0 Å². The summed E-state index contributed by atoms with van der Waals surface area (Å²) in [5, 5.41) is 22.3. The summed E-state index contributed by atoms with van der Waals surface area (Å²) in [6.07, 6.45) is 1.03. The molecule has 5 aliphatic rings. The third kappa shape index (κ3) is 4.33. The van der Waals surface area contributed by atoms with Crippen molar-refractivity contribution in [2.75, 3.05) is 7.11 Å². The third-order valence-electron chi connectivity index (χ3n) is 11.1. The molecule has 2 aliphatic heterocycles. The number of fused-ring (bicyclic) bond motifs is 6. The summed E-state index contributed by atoms with van der Waals surface area (Å²) in [5.74, 6) is -4.92. The van der Waals surface area contributed by atoms with E-state index in [9.17, 15) is 34.2 Å². The summed E-state index contributed by atoms with van der Waals surface area (Å²) in [5.41, 5.74) is -4.53. The molecule has 43 heavy (non-hydrogen) atoms. The molecule has 3 aliphatic carbocycles. The van der Waals surface area contributed by atoms with Gasteiger partial charge in [0.15, 0.2) is 11.4 Å². The first-order valence-corrected chi connectivity index (χ1v) is 14.7. The molecule has 0 aromatic rings. The number of hydrogen-bond acceptors (Lipinski definition) is 11. The van der Waals surface area contributed by atoms with Crippen LogP contribution in [0, 0.1) is 34.0 Å². The summed E-state index contributed by atoms with van der Waals surface area (Å²) in [6.45, 7) is 10.4. The highest BCUT2D eigenvalue weighted by Crippen LogP contribution is 2.68. The Kier molecular flexibility index (Phi) is 7.33. The van der Waals surface area contributed by atoms with Crippen LogP contribution in [0.2, 0.25) is 0 Å². The van der Waals surface area contributed by atoms with Crippen molar-refractivity contribution in [3.05, 3.63) is 34.9 Å². The Bertz CT molecular complexity index is 1390. The normalized spacial score (nSPS) is 41.6. The number of cyclic esters (lactones) is 2. The average molecular weight is 601 g/mol. The molecule has 9 atom stereocenters. The van der Waals surface area contributed by atoms with Gasteiger partial charge in [-0.25, -0.2) is 9.59 Å². The number of aliphatic hydroxyl groups excluding tert-OH is 1. The molecule has 11 heteroatoms. The van der Waals surface area contributed by atoms with Gasteiger partial charge in [-0.1, -0.05) is 39.3 Å². The number of aliphatic hydroxyl groups is 2. The first-order valence-electron chi connectivity index (χ1n) is 14.7. The molecule has 9 unspecified atom stereocenters. The number of hydrogen-bond donors (Lipinski definition) is 2. The molecule has 2 heterocycles. The number of methoxy groups -OCH3 is 1.